The number of nitrogens with zero attached hydrogens (tertiary/aromatic N) is 1. The molecule has 2 aliphatic rings. The van der Waals surface area contributed by atoms with Crippen molar-refractivity contribution in [3.8, 4) is 11.5 Å². The Morgan fingerprint density at radius 2 is 2.16 bits per heavy atom. The van der Waals surface area contributed by atoms with Gasteiger partial charge in [-0.3, -0.25) is 9.69 Å². The lowest BCUT2D eigenvalue weighted by Gasteiger charge is -2.27. The number of hydrogen-bond donors (Lipinski definition) is 1. The number of benzene rings is 1. The molecule has 1 aromatic rings. The van der Waals surface area contributed by atoms with Crippen LogP contribution in [0.3, 0.4) is 0 Å². The van der Waals surface area contributed by atoms with Gasteiger partial charge in [0.2, 0.25) is 6.79 Å². The van der Waals surface area contributed by atoms with Crippen molar-refractivity contribution < 1.29 is 24.2 Å². The second-order valence-corrected chi connectivity index (χ2v) is 7.51. The largest absolute Gasteiger partial charge is 0.480 e. The summed E-state index contributed by atoms with van der Waals surface area (Å²) in [4.78, 5) is 26.0. The van der Waals surface area contributed by atoms with Crippen LogP contribution < -0.4 is 9.47 Å². The Labute approximate surface area is 154 Å². The smallest absolute Gasteiger partial charge is 0.327 e. The van der Waals surface area contributed by atoms with Crippen LogP contribution in [0.4, 0.5) is 0 Å². The summed E-state index contributed by atoms with van der Waals surface area (Å²) in [7, 11) is 0. The van der Waals surface area contributed by atoms with Gasteiger partial charge in [0, 0.05) is 0 Å². The number of thioether (sulfide) groups is 1. The first-order valence-corrected chi connectivity index (χ1v) is 9.04. The molecule has 0 bridgehead atoms. The highest BCUT2D eigenvalue weighted by Gasteiger charge is 2.42. The lowest BCUT2D eigenvalue weighted by atomic mass is 9.98. The minimum absolute atomic E-state index is 0.177. The minimum Gasteiger partial charge on any atom is -0.480 e. The topological polar surface area (TPSA) is 76.1 Å². The third-order valence-corrected chi connectivity index (χ3v) is 5.56. The average molecular weight is 379 g/mol. The molecule has 0 saturated carbocycles. The summed E-state index contributed by atoms with van der Waals surface area (Å²) in [6.45, 7) is 3.87. The van der Waals surface area contributed by atoms with E-state index >= 15 is 0 Å². The Hall–Kier alpha value is -2.06. The van der Waals surface area contributed by atoms with Gasteiger partial charge in [-0.25, -0.2) is 4.79 Å². The fraction of sp³-hybridized carbons (Fsp3) is 0.353. The molecule has 2 atom stereocenters. The van der Waals surface area contributed by atoms with Gasteiger partial charge in [0.15, 0.2) is 11.5 Å². The Morgan fingerprint density at radius 1 is 1.44 bits per heavy atom. The first-order valence-electron chi connectivity index (χ1n) is 7.82. The van der Waals surface area contributed by atoms with E-state index in [1.165, 1.54) is 4.90 Å². The van der Waals surface area contributed by atoms with Gasteiger partial charge in [-0.05, 0) is 29.7 Å². The molecule has 0 spiro atoms. The molecular formula is C17H17NO5S2. The highest BCUT2D eigenvalue weighted by Crippen LogP contribution is 2.38. The van der Waals surface area contributed by atoms with Gasteiger partial charge in [0.25, 0.3) is 5.91 Å². The molecule has 1 amide bonds. The number of amides is 1. The molecular weight excluding hydrogens is 362 g/mol. The predicted molar refractivity (Wildman–Crippen MR) is 98.5 cm³/mol. The maximum Gasteiger partial charge on any atom is 0.327 e. The van der Waals surface area contributed by atoms with E-state index < -0.39 is 12.0 Å². The molecule has 2 aliphatic heterocycles. The zero-order valence-electron chi connectivity index (χ0n) is 13.7. The number of carboxylic acid groups (broad SMARTS) is 1. The van der Waals surface area contributed by atoms with Gasteiger partial charge in [0.1, 0.15) is 10.4 Å². The van der Waals surface area contributed by atoms with Gasteiger partial charge in [-0.2, -0.15) is 0 Å². The molecule has 1 N–H and O–H groups in total. The van der Waals surface area contributed by atoms with E-state index in [4.69, 9.17) is 21.7 Å². The van der Waals surface area contributed by atoms with E-state index in [9.17, 15) is 14.7 Å². The summed E-state index contributed by atoms with van der Waals surface area (Å²) in [5, 5.41) is 9.54. The predicted octanol–water partition coefficient (Wildman–Crippen LogP) is 3.12. The number of fused-ring (bicyclic) bond motifs is 1. The van der Waals surface area contributed by atoms with Gasteiger partial charge < -0.3 is 14.6 Å². The summed E-state index contributed by atoms with van der Waals surface area (Å²) in [6.07, 6.45) is 2.33. The number of hydrogen-bond acceptors (Lipinski definition) is 6. The molecule has 6 nitrogen and oxygen atoms in total. The van der Waals surface area contributed by atoms with Crippen molar-refractivity contribution in [3.63, 3.8) is 0 Å². The maximum absolute atomic E-state index is 12.8. The molecule has 2 heterocycles. The summed E-state index contributed by atoms with van der Waals surface area (Å²) in [5.41, 5.74) is 0.764. The Morgan fingerprint density at radius 3 is 2.84 bits per heavy atom. The number of ether oxygens (including phenoxy) is 2. The van der Waals surface area contributed by atoms with Crippen LogP contribution in [0.25, 0.3) is 6.08 Å². The lowest BCUT2D eigenvalue weighted by Crippen LogP contribution is -2.47. The zero-order chi connectivity index (χ0) is 18.1. The van der Waals surface area contributed by atoms with E-state index in [0.717, 1.165) is 17.3 Å². The number of thiocarbonyl (C=S) groups is 1. The number of aliphatic carboxylic acids is 1. The van der Waals surface area contributed by atoms with Gasteiger partial charge >= 0.3 is 5.97 Å². The van der Waals surface area contributed by atoms with Crippen LogP contribution in [0.15, 0.2) is 23.1 Å². The Bertz CT molecular complexity index is 776. The standard InChI is InChI=1S/C17H17NO5S2/c1-3-9(2)14(16(20)21)18-15(19)13(25-17(18)24)7-10-4-5-11-12(6-10)23-8-22-11/h4-7,9,14H,3,8H2,1-2H3,(H,20,21)/b13-7-. The fourth-order valence-corrected chi connectivity index (χ4v) is 4.03. The van der Waals surface area contributed by atoms with E-state index in [1.54, 1.807) is 25.1 Å². The summed E-state index contributed by atoms with van der Waals surface area (Å²) in [5.74, 6) is -0.347. The molecule has 0 aromatic heterocycles. The van der Waals surface area contributed by atoms with Gasteiger partial charge in [0.05, 0.1) is 4.91 Å². The number of carbonyl (C=O) groups is 2. The van der Waals surface area contributed by atoms with Crippen LogP contribution in [0, 0.1) is 5.92 Å². The van der Waals surface area contributed by atoms with Crippen LogP contribution in [0.2, 0.25) is 0 Å². The molecule has 0 radical (unpaired) electrons. The molecule has 0 aliphatic carbocycles. The highest BCUT2D eigenvalue weighted by atomic mass is 32.2. The van der Waals surface area contributed by atoms with Gasteiger partial charge in [-0.1, -0.05) is 50.3 Å². The van der Waals surface area contributed by atoms with Crippen LogP contribution in [0.1, 0.15) is 25.8 Å². The molecule has 132 valence electrons. The van der Waals surface area contributed by atoms with Crippen LogP contribution in [-0.2, 0) is 9.59 Å². The average Bonchev–Trinajstić information content (AvgIpc) is 3.14. The number of rotatable bonds is 5. The first-order chi connectivity index (χ1) is 11.9. The van der Waals surface area contributed by atoms with Crippen molar-refractivity contribution in [2.75, 3.05) is 6.79 Å². The number of carboxylic acids is 1. The van der Waals surface area contributed by atoms with E-state index in [-0.39, 0.29) is 22.9 Å². The molecule has 8 heteroatoms. The normalized spacial score (nSPS) is 20.2. The van der Waals surface area contributed by atoms with Crippen molar-refractivity contribution in [3.05, 3.63) is 28.7 Å². The van der Waals surface area contributed by atoms with Crippen molar-refractivity contribution in [1.82, 2.24) is 4.90 Å². The van der Waals surface area contributed by atoms with Crippen LogP contribution >= 0.6 is 24.0 Å². The molecule has 1 saturated heterocycles. The third-order valence-electron chi connectivity index (χ3n) is 4.23. The minimum atomic E-state index is -1.05. The van der Waals surface area contributed by atoms with Crippen molar-refractivity contribution in [1.29, 1.82) is 0 Å². The molecule has 1 fully saturated rings. The quantitative estimate of drug-likeness (QED) is 0.622. The van der Waals surface area contributed by atoms with Crippen LogP contribution in [-0.4, -0.2) is 39.0 Å². The fourth-order valence-electron chi connectivity index (χ4n) is 2.71. The van der Waals surface area contributed by atoms with E-state index in [1.807, 2.05) is 13.0 Å². The zero-order valence-corrected chi connectivity index (χ0v) is 15.4. The highest BCUT2D eigenvalue weighted by molar-refractivity contribution is 8.26. The molecule has 2 unspecified atom stereocenters. The molecule has 3 rings (SSSR count). The van der Waals surface area contributed by atoms with E-state index in [0.29, 0.717) is 22.8 Å². The summed E-state index contributed by atoms with van der Waals surface area (Å²) < 4.78 is 10.9. The summed E-state index contributed by atoms with van der Waals surface area (Å²) >= 11 is 6.39. The van der Waals surface area contributed by atoms with E-state index in [2.05, 4.69) is 0 Å². The molecule has 25 heavy (non-hydrogen) atoms. The lowest BCUT2D eigenvalue weighted by molar-refractivity contribution is -0.147. The maximum atomic E-state index is 12.8. The van der Waals surface area contributed by atoms with Crippen molar-refractivity contribution in [2.24, 2.45) is 5.92 Å². The Kier molecular flexibility index (Phi) is 5.01. The first kappa shape index (κ1) is 17.8. The summed E-state index contributed by atoms with van der Waals surface area (Å²) in [6, 6.07) is 4.40. The number of carbonyl (C=O) groups excluding carboxylic acids is 1. The van der Waals surface area contributed by atoms with Crippen molar-refractivity contribution >= 4 is 46.3 Å². The second-order valence-electron chi connectivity index (χ2n) is 5.83. The van der Waals surface area contributed by atoms with Crippen molar-refractivity contribution in [2.45, 2.75) is 26.3 Å². The van der Waals surface area contributed by atoms with Crippen LogP contribution in [0.5, 0.6) is 11.5 Å². The monoisotopic (exact) mass is 379 g/mol. The molecule has 1 aromatic carbocycles. The van der Waals surface area contributed by atoms with Gasteiger partial charge in [-0.15, -0.1) is 0 Å². The second kappa shape index (κ2) is 7.05. The third kappa shape index (κ3) is 3.36. The Balaban J connectivity index is 1.89. The SMILES string of the molecule is CCC(C)C(C(=O)O)N1C(=O)/C(=C/c2ccc3c(c2)OCO3)SC1=S.